The van der Waals surface area contributed by atoms with Crippen molar-refractivity contribution in [1.82, 2.24) is 0 Å². The Bertz CT molecular complexity index is 423. The molecule has 0 amide bonds. The van der Waals surface area contributed by atoms with Crippen molar-refractivity contribution in [3.8, 4) is 11.5 Å². The van der Waals surface area contributed by atoms with Crippen molar-refractivity contribution in [3.63, 3.8) is 0 Å². The highest BCUT2D eigenvalue weighted by Gasteiger charge is 2.20. The summed E-state index contributed by atoms with van der Waals surface area (Å²) in [6.45, 7) is 9.97. The molecule has 0 fully saturated rings. The number of hydrogen-bond donors (Lipinski definition) is 2. The minimum Gasteiger partial charge on any atom is -0.507 e. The monoisotopic (exact) mass is 246 g/mol. The maximum Gasteiger partial charge on any atom is 0.123 e. The molecule has 0 aromatic heterocycles. The van der Waals surface area contributed by atoms with E-state index in [4.69, 9.17) is 0 Å². The predicted octanol–water partition coefficient (Wildman–Crippen LogP) is 4.42. The smallest absolute Gasteiger partial charge is 0.123 e. The largest absolute Gasteiger partial charge is 0.507 e. The standard InChI is InChI=1S/C14H18O2.C2H4/c1-9-4-3-5-11(6-9)14-12(15)7-10(2)8-13(14)16;1-2/h6-8,11,15-16H,3-5H2,1-2H3;1-2H2. The van der Waals surface area contributed by atoms with Gasteiger partial charge in [0.25, 0.3) is 0 Å². The number of phenolic OH excluding ortho intramolecular Hbond substituents is 2. The number of benzene rings is 1. The van der Waals surface area contributed by atoms with Crippen molar-refractivity contribution in [2.45, 2.75) is 39.0 Å². The van der Waals surface area contributed by atoms with Crippen LogP contribution in [-0.2, 0) is 0 Å². The summed E-state index contributed by atoms with van der Waals surface area (Å²) in [6.07, 6.45) is 5.42. The third-order valence-corrected chi connectivity index (χ3v) is 3.22. The van der Waals surface area contributed by atoms with E-state index in [0.29, 0.717) is 5.56 Å². The van der Waals surface area contributed by atoms with Crippen LogP contribution in [0.2, 0.25) is 0 Å². The molecule has 0 heterocycles. The fourth-order valence-electron chi connectivity index (χ4n) is 2.48. The molecule has 98 valence electrons. The van der Waals surface area contributed by atoms with Gasteiger partial charge < -0.3 is 10.2 Å². The van der Waals surface area contributed by atoms with E-state index in [0.717, 1.165) is 24.8 Å². The highest BCUT2D eigenvalue weighted by molar-refractivity contribution is 5.50. The van der Waals surface area contributed by atoms with Crippen LogP contribution in [0.25, 0.3) is 0 Å². The van der Waals surface area contributed by atoms with Gasteiger partial charge >= 0.3 is 0 Å². The highest BCUT2D eigenvalue weighted by Crippen LogP contribution is 2.41. The van der Waals surface area contributed by atoms with Crippen LogP contribution >= 0.6 is 0 Å². The second kappa shape index (κ2) is 6.29. The normalized spacial score (nSPS) is 18.6. The van der Waals surface area contributed by atoms with Gasteiger partial charge in [0, 0.05) is 11.5 Å². The molecular weight excluding hydrogens is 224 g/mol. The summed E-state index contributed by atoms with van der Waals surface area (Å²) in [4.78, 5) is 0. The Morgan fingerprint density at radius 3 is 2.17 bits per heavy atom. The van der Waals surface area contributed by atoms with Crippen molar-refractivity contribution in [2.24, 2.45) is 0 Å². The lowest BCUT2D eigenvalue weighted by atomic mass is 9.85. The molecule has 1 aliphatic carbocycles. The average molecular weight is 246 g/mol. The minimum absolute atomic E-state index is 0.161. The number of rotatable bonds is 1. The van der Waals surface area contributed by atoms with Gasteiger partial charge in [-0.3, -0.25) is 0 Å². The summed E-state index contributed by atoms with van der Waals surface area (Å²) in [6, 6.07) is 3.43. The van der Waals surface area contributed by atoms with Crippen LogP contribution in [0.5, 0.6) is 11.5 Å². The SMILES string of the molecule is C=C.CC1=CC(c2c(O)cc(C)cc2O)CCC1. The Morgan fingerprint density at radius 1 is 1.11 bits per heavy atom. The first-order valence-electron chi connectivity index (χ1n) is 6.27. The van der Waals surface area contributed by atoms with Crippen molar-refractivity contribution in [2.75, 3.05) is 0 Å². The number of hydrogen-bond acceptors (Lipinski definition) is 2. The maximum atomic E-state index is 9.92. The van der Waals surface area contributed by atoms with Gasteiger partial charge in [-0.15, -0.1) is 13.2 Å². The van der Waals surface area contributed by atoms with Crippen LogP contribution in [0.1, 0.15) is 43.2 Å². The topological polar surface area (TPSA) is 40.5 Å². The second-order valence-electron chi connectivity index (χ2n) is 4.73. The Kier molecular flexibility index (Phi) is 5.02. The van der Waals surface area contributed by atoms with E-state index in [2.05, 4.69) is 26.2 Å². The van der Waals surface area contributed by atoms with Crippen LogP contribution in [0.15, 0.2) is 36.9 Å². The van der Waals surface area contributed by atoms with Crippen molar-refractivity contribution >= 4 is 0 Å². The third-order valence-electron chi connectivity index (χ3n) is 3.22. The van der Waals surface area contributed by atoms with E-state index >= 15 is 0 Å². The van der Waals surface area contributed by atoms with E-state index in [1.165, 1.54) is 5.57 Å². The van der Waals surface area contributed by atoms with Crippen LogP contribution in [0.4, 0.5) is 0 Å². The lowest BCUT2D eigenvalue weighted by Crippen LogP contribution is -2.03. The van der Waals surface area contributed by atoms with Gasteiger partial charge in [-0.05, 0) is 50.8 Å². The molecule has 2 rings (SSSR count). The summed E-state index contributed by atoms with van der Waals surface area (Å²) in [5.74, 6) is 0.594. The summed E-state index contributed by atoms with van der Waals surface area (Å²) >= 11 is 0. The molecule has 0 saturated heterocycles. The minimum atomic E-state index is 0.161. The quantitative estimate of drug-likeness (QED) is 0.720. The van der Waals surface area contributed by atoms with E-state index in [-0.39, 0.29) is 17.4 Å². The molecule has 1 unspecified atom stereocenters. The zero-order chi connectivity index (χ0) is 13.7. The fourth-order valence-corrected chi connectivity index (χ4v) is 2.48. The third kappa shape index (κ3) is 3.16. The molecule has 0 saturated carbocycles. The van der Waals surface area contributed by atoms with Crippen LogP contribution < -0.4 is 0 Å². The first kappa shape index (κ1) is 14.4. The van der Waals surface area contributed by atoms with Crippen molar-refractivity contribution in [3.05, 3.63) is 48.1 Å². The first-order valence-corrected chi connectivity index (χ1v) is 6.27. The molecular formula is C16H22O2. The molecule has 2 N–H and O–H groups in total. The number of aryl methyl sites for hydroxylation is 1. The maximum absolute atomic E-state index is 9.92. The predicted molar refractivity (Wildman–Crippen MR) is 76.1 cm³/mol. The van der Waals surface area contributed by atoms with Gasteiger partial charge in [-0.2, -0.15) is 0 Å². The van der Waals surface area contributed by atoms with Gasteiger partial charge in [-0.25, -0.2) is 0 Å². The summed E-state index contributed by atoms with van der Waals surface area (Å²) in [5.41, 5.74) is 2.91. The Hall–Kier alpha value is -1.70. The molecule has 0 bridgehead atoms. The van der Waals surface area contributed by atoms with Crippen LogP contribution in [-0.4, -0.2) is 10.2 Å². The van der Waals surface area contributed by atoms with Gasteiger partial charge in [0.2, 0.25) is 0 Å². The molecule has 0 spiro atoms. The number of phenols is 2. The molecule has 1 atom stereocenters. The van der Waals surface area contributed by atoms with Crippen molar-refractivity contribution < 1.29 is 10.2 Å². The van der Waals surface area contributed by atoms with Gasteiger partial charge in [0.15, 0.2) is 0 Å². The average Bonchev–Trinajstić information content (AvgIpc) is 2.30. The Morgan fingerprint density at radius 2 is 1.67 bits per heavy atom. The van der Waals surface area contributed by atoms with Gasteiger partial charge in [0.05, 0.1) is 0 Å². The number of aromatic hydroxyl groups is 2. The van der Waals surface area contributed by atoms with E-state index in [1.54, 1.807) is 12.1 Å². The molecule has 1 aromatic rings. The lowest BCUT2D eigenvalue weighted by molar-refractivity contribution is 0.428. The molecule has 0 aliphatic heterocycles. The fraction of sp³-hybridized carbons (Fsp3) is 0.375. The van der Waals surface area contributed by atoms with E-state index in [9.17, 15) is 10.2 Å². The Labute approximate surface area is 109 Å². The van der Waals surface area contributed by atoms with Crippen LogP contribution in [0.3, 0.4) is 0 Å². The van der Waals surface area contributed by atoms with Gasteiger partial charge in [-0.1, -0.05) is 11.6 Å². The summed E-state index contributed by atoms with van der Waals surface area (Å²) in [7, 11) is 0. The Balaban J connectivity index is 0.000000771. The zero-order valence-corrected chi connectivity index (χ0v) is 11.2. The van der Waals surface area contributed by atoms with Gasteiger partial charge in [0.1, 0.15) is 11.5 Å². The van der Waals surface area contributed by atoms with E-state index < -0.39 is 0 Å². The zero-order valence-electron chi connectivity index (χ0n) is 11.2. The molecule has 0 radical (unpaired) electrons. The lowest BCUT2D eigenvalue weighted by Gasteiger charge is -2.21. The highest BCUT2D eigenvalue weighted by atomic mass is 16.3. The second-order valence-corrected chi connectivity index (χ2v) is 4.73. The summed E-state index contributed by atoms with van der Waals surface area (Å²) in [5, 5.41) is 19.8. The molecule has 2 nitrogen and oxygen atoms in total. The number of allylic oxidation sites excluding steroid dienone is 2. The first-order chi connectivity index (χ1) is 8.58. The molecule has 18 heavy (non-hydrogen) atoms. The van der Waals surface area contributed by atoms with Crippen molar-refractivity contribution in [1.29, 1.82) is 0 Å². The van der Waals surface area contributed by atoms with Crippen LogP contribution in [0, 0.1) is 6.92 Å². The van der Waals surface area contributed by atoms with E-state index in [1.807, 2.05) is 6.92 Å². The summed E-state index contributed by atoms with van der Waals surface area (Å²) < 4.78 is 0. The molecule has 1 aromatic carbocycles. The molecule has 2 heteroatoms. The molecule has 1 aliphatic rings.